The van der Waals surface area contributed by atoms with E-state index < -0.39 is 23.7 Å². The molecule has 0 bridgehead atoms. The number of nitrogens with two attached hydrogens (primary N) is 1. The van der Waals surface area contributed by atoms with E-state index in [1.165, 1.54) is 28.8 Å². The van der Waals surface area contributed by atoms with E-state index in [-0.39, 0.29) is 16.6 Å². The summed E-state index contributed by atoms with van der Waals surface area (Å²) < 4.78 is 13.9. The second-order valence-corrected chi connectivity index (χ2v) is 6.52. The van der Waals surface area contributed by atoms with Crippen LogP contribution in [0.15, 0.2) is 18.2 Å². The first-order valence-corrected chi connectivity index (χ1v) is 7.76. The van der Waals surface area contributed by atoms with Gasteiger partial charge in [0, 0.05) is 11.4 Å². The van der Waals surface area contributed by atoms with Crippen molar-refractivity contribution in [2.45, 2.75) is 24.3 Å². The van der Waals surface area contributed by atoms with Crippen LogP contribution in [0.2, 0.25) is 0 Å². The van der Waals surface area contributed by atoms with Crippen molar-refractivity contribution in [3.8, 4) is 0 Å². The minimum atomic E-state index is -1.05. The molecule has 1 aliphatic carbocycles. The number of nitrogen functional groups attached to an aromatic ring is 1. The van der Waals surface area contributed by atoms with Crippen LogP contribution in [0.5, 0.6) is 0 Å². The quantitative estimate of drug-likeness (QED) is 0.832. The predicted octanol–water partition coefficient (Wildman–Crippen LogP) is 1.79. The highest BCUT2D eigenvalue weighted by molar-refractivity contribution is 8.00. The molecule has 1 amide bonds. The maximum absolute atomic E-state index is 13.9. The molecule has 1 aromatic rings. The predicted molar refractivity (Wildman–Crippen MR) is 77.4 cm³/mol. The fourth-order valence-corrected chi connectivity index (χ4v) is 4.19. The molecule has 1 saturated heterocycles. The minimum absolute atomic E-state index is 0.122. The van der Waals surface area contributed by atoms with Crippen molar-refractivity contribution in [3.05, 3.63) is 29.6 Å². The van der Waals surface area contributed by atoms with Crippen molar-refractivity contribution in [2.75, 3.05) is 11.5 Å². The zero-order valence-corrected chi connectivity index (χ0v) is 12.0. The number of hydrogen-bond acceptors (Lipinski definition) is 4. The lowest BCUT2D eigenvalue weighted by Crippen LogP contribution is -2.46. The first kappa shape index (κ1) is 14.2. The van der Waals surface area contributed by atoms with Crippen LogP contribution in [0.3, 0.4) is 0 Å². The number of halogens is 1. The van der Waals surface area contributed by atoms with Gasteiger partial charge in [-0.15, -0.1) is 11.8 Å². The fourth-order valence-electron chi connectivity index (χ4n) is 2.56. The molecule has 3 rings (SSSR count). The van der Waals surface area contributed by atoms with Gasteiger partial charge in [0.25, 0.3) is 5.91 Å². The van der Waals surface area contributed by atoms with Gasteiger partial charge in [0.15, 0.2) is 0 Å². The number of nitrogens with zero attached hydrogens (tertiary/aromatic N) is 1. The van der Waals surface area contributed by atoms with Gasteiger partial charge in [-0.25, -0.2) is 9.18 Å². The summed E-state index contributed by atoms with van der Waals surface area (Å²) in [6.07, 6.45) is 1.97. The van der Waals surface area contributed by atoms with Crippen molar-refractivity contribution < 1.29 is 19.1 Å². The van der Waals surface area contributed by atoms with Gasteiger partial charge in [-0.3, -0.25) is 4.79 Å². The second-order valence-electron chi connectivity index (χ2n) is 5.37. The van der Waals surface area contributed by atoms with Crippen molar-refractivity contribution in [1.29, 1.82) is 0 Å². The van der Waals surface area contributed by atoms with Crippen LogP contribution >= 0.6 is 11.8 Å². The molecular weight excluding hydrogens is 295 g/mol. The van der Waals surface area contributed by atoms with Crippen LogP contribution in [0.25, 0.3) is 0 Å². The maximum Gasteiger partial charge on any atom is 0.327 e. The van der Waals surface area contributed by atoms with E-state index in [0.717, 1.165) is 18.9 Å². The van der Waals surface area contributed by atoms with Gasteiger partial charge in [-0.1, -0.05) is 0 Å². The van der Waals surface area contributed by atoms with Crippen molar-refractivity contribution in [3.63, 3.8) is 0 Å². The molecule has 2 fully saturated rings. The Kier molecular flexibility index (Phi) is 3.52. The number of carbonyl (C=O) groups is 2. The Morgan fingerprint density at radius 1 is 1.38 bits per heavy atom. The van der Waals surface area contributed by atoms with Crippen LogP contribution < -0.4 is 5.73 Å². The molecule has 21 heavy (non-hydrogen) atoms. The van der Waals surface area contributed by atoms with Crippen LogP contribution in [0, 0.1) is 11.7 Å². The molecule has 7 heteroatoms. The summed E-state index contributed by atoms with van der Waals surface area (Å²) in [6, 6.07) is 2.95. The molecule has 1 aliphatic heterocycles. The Morgan fingerprint density at radius 2 is 2.10 bits per heavy atom. The number of carboxylic acids is 1. The summed E-state index contributed by atoms with van der Waals surface area (Å²) in [7, 11) is 0. The molecule has 0 radical (unpaired) electrons. The van der Waals surface area contributed by atoms with Crippen LogP contribution in [0.1, 0.15) is 23.2 Å². The molecule has 1 aromatic carbocycles. The van der Waals surface area contributed by atoms with Gasteiger partial charge in [0.1, 0.15) is 11.9 Å². The standard InChI is InChI=1S/C14H15FN2O3S/c15-10-5-8(16)3-4-9(10)12(18)17-11(14(19)20)6-21-13(17)7-1-2-7/h3-5,7,11,13H,1-2,6,16H2,(H,19,20). The average Bonchev–Trinajstić information content (AvgIpc) is 3.16. The normalized spacial score (nSPS) is 25.1. The molecule has 2 atom stereocenters. The summed E-state index contributed by atoms with van der Waals surface area (Å²) >= 11 is 1.47. The van der Waals surface area contributed by atoms with Gasteiger partial charge in [-0.05, 0) is 37.0 Å². The Balaban J connectivity index is 1.93. The maximum atomic E-state index is 13.9. The van der Waals surface area contributed by atoms with Crippen LogP contribution in [-0.2, 0) is 4.79 Å². The molecule has 2 unspecified atom stereocenters. The van der Waals surface area contributed by atoms with Crippen molar-refractivity contribution in [2.24, 2.45) is 5.92 Å². The Labute approximate surface area is 125 Å². The van der Waals surface area contributed by atoms with Gasteiger partial charge in [0.2, 0.25) is 0 Å². The average molecular weight is 310 g/mol. The Morgan fingerprint density at radius 3 is 2.67 bits per heavy atom. The summed E-state index contributed by atoms with van der Waals surface area (Å²) in [6.45, 7) is 0. The van der Waals surface area contributed by atoms with Gasteiger partial charge < -0.3 is 15.7 Å². The molecule has 0 spiro atoms. The van der Waals surface area contributed by atoms with Gasteiger partial charge >= 0.3 is 5.97 Å². The molecule has 112 valence electrons. The SMILES string of the molecule is Nc1ccc(C(=O)N2C(C(=O)O)CSC2C2CC2)c(F)c1. The third kappa shape index (κ3) is 2.57. The Hall–Kier alpha value is -1.76. The summed E-state index contributed by atoms with van der Waals surface area (Å²) in [4.78, 5) is 25.3. The third-order valence-electron chi connectivity index (χ3n) is 3.80. The minimum Gasteiger partial charge on any atom is -0.480 e. The van der Waals surface area contributed by atoms with E-state index in [1.807, 2.05) is 0 Å². The number of anilines is 1. The Bertz CT molecular complexity index is 606. The topological polar surface area (TPSA) is 83.6 Å². The van der Waals surface area contributed by atoms with E-state index in [4.69, 9.17) is 5.73 Å². The number of carboxylic acid groups (broad SMARTS) is 1. The van der Waals surface area contributed by atoms with E-state index in [0.29, 0.717) is 11.7 Å². The smallest absolute Gasteiger partial charge is 0.327 e. The van der Waals surface area contributed by atoms with E-state index >= 15 is 0 Å². The molecular formula is C14H15FN2O3S. The van der Waals surface area contributed by atoms with Gasteiger partial charge in [0.05, 0.1) is 10.9 Å². The first-order chi connectivity index (χ1) is 9.99. The fraction of sp³-hybridized carbons (Fsp3) is 0.429. The molecule has 2 aliphatic rings. The zero-order valence-electron chi connectivity index (χ0n) is 11.2. The summed E-state index contributed by atoms with van der Waals surface area (Å²) in [5.74, 6) is -1.66. The van der Waals surface area contributed by atoms with E-state index in [9.17, 15) is 19.1 Å². The van der Waals surface area contributed by atoms with Crippen molar-refractivity contribution in [1.82, 2.24) is 4.90 Å². The number of rotatable bonds is 3. The zero-order chi connectivity index (χ0) is 15.1. The lowest BCUT2D eigenvalue weighted by Gasteiger charge is -2.27. The van der Waals surface area contributed by atoms with Crippen molar-refractivity contribution >= 4 is 29.3 Å². The number of aliphatic carboxylic acids is 1. The molecule has 3 N–H and O–H groups in total. The molecule has 1 saturated carbocycles. The van der Waals surface area contributed by atoms with E-state index in [1.54, 1.807) is 0 Å². The van der Waals surface area contributed by atoms with E-state index in [2.05, 4.69) is 0 Å². The number of amides is 1. The summed E-state index contributed by atoms with van der Waals surface area (Å²) in [5.41, 5.74) is 5.59. The highest BCUT2D eigenvalue weighted by atomic mass is 32.2. The van der Waals surface area contributed by atoms with Crippen LogP contribution in [0.4, 0.5) is 10.1 Å². The van der Waals surface area contributed by atoms with Crippen LogP contribution in [-0.4, -0.2) is 39.1 Å². The largest absolute Gasteiger partial charge is 0.480 e. The number of hydrogen-bond donors (Lipinski definition) is 2. The number of thioether (sulfide) groups is 1. The molecule has 5 nitrogen and oxygen atoms in total. The highest BCUT2D eigenvalue weighted by Crippen LogP contribution is 2.46. The van der Waals surface area contributed by atoms with Gasteiger partial charge in [-0.2, -0.15) is 0 Å². The number of benzene rings is 1. The second kappa shape index (κ2) is 5.22. The first-order valence-electron chi connectivity index (χ1n) is 6.71. The number of carbonyl (C=O) groups excluding carboxylic acids is 1. The monoisotopic (exact) mass is 310 g/mol. The molecule has 0 aromatic heterocycles. The third-order valence-corrected chi connectivity index (χ3v) is 5.26. The highest BCUT2D eigenvalue weighted by Gasteiger charge is 2.48. The lowest BCUT2D eigenvalue weighted by molar-refractivity contribution is -0.141. The lowest BCUT2D eigenvalue weighted by atomic mass is 10.1. The molecule has 1 heterocycles. The summed E-state index contributed by atoms with van der Waals surface area (Å²) in [5, 5.41) is 9.12.